The summed E-state index contributed by atoms with van der Waals surface area (Å²) in [4.78, 5) is 2.32. The normalized spacial score (nSPS) is 22.3. The molecule has 1 fully saturated rings. The predicted molar refractivity (Wildman–Crippen MR) is 74.6 cm³/mol. The third kappa shape index (κ3) is 3.55. The Kier molecular flexibility index (Phi) is 4.75. The van der Waals surface area contributed by atoms with Crippen molar-refractivity contribution in [2.45, 2.75) is 32.0 Å². The molecule has 2 rings (SSSR count). The topological polar surface area (TPSA) is 38.5 Å². The lowest BCUT2D eigenvalue weighted by Crippen LogP contribution is -2.19. The fourth-order valence-electron chi connectivity index (χ4n) is 2.32. The Labute approximate surface area is 110 Å². The van der Waals surface area contributed by atoms with Gasteiger partial charge in [0.1, 0.15) is 0 Å². The molecule has 2 atom stereocenters. The molecule has 0 aromatic heterocycles. The van der Waals surface area contributed by atoms with Gasteiger partial charge in [0.25, 0.3) is 0 Å². The summed E-state index contributed by atoms with van der Waals surface area (Å²) in [5.74, 6) is 0.434. The third-order valence-corrected chi connectivity index (χ3v) is 3.74. The van der Waals surface area contributed by atoms with E-state index in [-0.39, 0.29) is 0 Å². The van der Waals surface area contributed by atoms with Crippen LogP contribution in [0.5, 0.6) is 0 Å². The predicted octanol–water partition coefficient (Wildman–Crippen LogP) is 1.97. The molecule has 18 heavy (non-hydrogen) atoms. The van der Waals surface area contributed by atoms with Gasteiger partial charge in [-0.05, 0) is 37.1 Å². The molecular weight excluding hydrogens is 224 g/mol. The molecule has 3 nitrogen and oxygen atoms in total. The van der Waals surface area contributed by atoms with Gasteiger partial charge in [-0.2, -0.15) is 0 Å². The molecular formula is C15H24N2O. The Bertz CT molecular complexity index is 363. The number of nitrogens with zero attached hydrogens (tertiary/aromatic N) is 1. The van der Waals surface area contributed by atoms with Gasteiger partial charge in [0.2, 0.25) is 0 Å². The zero-order valence-electron chi connectivity index (χ0n) is 11.4. The number of nitrogens with two attached hydrogens (primary N) is 1. The van der Waals surface area contributed by atoms with Crippen LogP contribution in [0.15, 0.2) is 24.3 Å². The molecule has 1 heterocycles. The van der Waals surface area contributed by atoms with Crippen molar-refractivity contribution in [2.75, 3.05) is 26.7 Å². The molecule has 2 N–H and O–H groups in total. The summed E-state index contributed by atoms with van der Waals surface area (Å²) < 4.78 is 5.92. The molecule has 0 bridgehead atoms. The van der Waals surface area contributed by atoms with Crippen LogP contribution < -0.4 is 5.73 Å². The van der Waals surface area contributed by atoms with E-state index in [0.717, 1.165) is 26.1 Å². The first-order valence-electron chi connectivity index (χ1n) is 6.78. The number of ether oxygens (including phenoxy) is 1. The Balaban J connectivity index is 1.83. The van der Waals surface area contributed by atoms with E-state index >= 15 is 0 Å². The van der Waals surface area contributed by atoms with Crippen LogP contribution in [0.2, 0.25) is 0 Å². The van der Waals surface area contributed by atoms with E-state index in [4.69, 9.17) is 10.5 Å². The fraction of sp³-hybridized carbons (Fsp3) is 0.600. The summed E-state index contributed by atoms with van der Waals surface area (Å²) >= 11 is 0. The van der Waals surface area contributed by atoms with Crippen molar-refractivity contribution in [3.05, 3.63) is 35.4 Å². The number of likely N-dealkylation sites (tertiary alicyclic amines) is 1. The quantitative estimate of drug-likeness (QED) is 0.866. The Morgan fingerprint density at radius 2 is 2.11 bits per heavy atom. The number of benzene rings is 1. The van der Waals surface area contributed by atoms with Gasteiger partial charge in [-0.1, -0.05) is 31.2 Å². The summed E-state index contributed by atoms with van der Waals surface area (Å²) in [7, 11) is 2.15. The zero-order valence-corrected chi connectivity index (χ0v) is 11.4. The first-order valence-corrected chi connectivity index (χ1v) is 6.78. The van der Waals surface area contributed by atoms with Crippen LogP contribution in [-0.2, 0) is 11.3 Å². The third-order valence-electron chi connectivity index (χ3n) is 3.74. The van der Waals surface area contributed by atoms with Crippen molar-refractivity contribution < 1.29 is 4.74 Å². The lowest BCUT2D eigenvalue weighted by atomic mass is 10.0. The van der Waals surface area contributed by atoms with Gasteiger partial charge in [-0.15, -0.1) is 0 Å². The molecule has 0 saturated carbocycles. The van der Waals surface area contributed by atoms with Crippen LogP contribution in [0, 0.1) is 0 Å². The van der Waals surface area contributed by atoms with Crippen molar-refractivity contribution in [2.24, 2.45) is 5.73 Å². The summed E-state index contributed by atoms with van der Waals surface area (Å²) in [6, 6.07) is 8.63. The van der Waals surface area contributed by atoms with Crippen LogP contribution in [-0.4, -0.2) is 37.7 Å². The molecule has 1 aliphatic rings. The molecule has 1 aromatic carbocycles. The Hall–Kier alpha value is -0.900. The number of rotatable bonds is 5. The van der Waals surface area contributed by atoms with Gasteiger partial charge in [0.05, 0.1) is 12.7 Å². The summed E-state index contributed by atoms with van der Waals surface area (Å²) in [6.45, 7) is 5.78. The molecule has 0 spiro atoms. The highest BCUT2D eigenvalue weighted by Gasteiger charge is 2.19. The van der Waals surface area contributed by atoms with Gasteiger partial charge < -0.3 is 15.4 Å². The van der Waals surface area contributed by atoms with Crippen LogP contribution in [0.1, 0.15) is 30.4 Å². The minimum absolute atomic E-state index is 0.401. The Morgan fingerprint density at radius 1 is 1.39 bits per heavy atom. The minimum atomic E-state index is 0.401. The molecule has 1 aromatic rings. The van der Waals surface area contributed by atoms with Crippen molar-refractivity contribution in [3.63, 3.8) is 0 Å². The monoisotopic (exact) mass is 248 g/mol. The SMILES string of the molecule is CC(CN)c1ccc(COC2CCN(C)C2)cc1. The van der Waals surface area contributed by atoms with Gasteiger partial charge in [-0.25, -0.2) is 0 Å². The standard InChI is InChI=1S/C15H24N2O/c1-12(9-16)14-5-3-13(4-6-14)11-18-15-7-8-17(2)10-15/h3-6,12,15H,7-11,16H2,1-2H3. The Morgan fingerprint density at radius 3 is 2.67 bits per heavy atom. The molecule has 1 aliphatic heterocycles. The lowest BCUT2D eigenvalue weighted by Gasteiger charge is -2.13. The van der Waals surface area contributed by atoms with Crippen molar-refractivity contribution in [1.82, 2.24) is 4.90 Å². The van der Waals surface area contributed by atoms with Crippen molar-refractivity contribution >= 4 is 0 Å². The highest BCUT2D eigenvalue weighted by molar-refractivity contribution is 5.24. The molecule has 0 aliphatic carbocycles. The average molecular weight is 248 g/mol. The summed E-state index contributed by atoms with van der Waals surface area (Å²) in [5, 5.41) is 0. The molecule has 3 heteroatoms. The summed E-state index contributed by atoms with van der Waals surface area (Å²) in [6.07, 6.45) is 1.55. The maximum Gasteiger partial charge on any atom is 0.0721 e. The zero-order chi connectivity index (χ0) is 13.0. The highest BCUT2D eigenvalue weighted by Crippen LogP contribution is 2.17. The van der Waals surface area contributed by atoms with Crippen LogP contribution >= 0.6 is 0 Å². The number of hydrogen-bond acceptors (Lipinski definition) is 3. The molecule has 2 unspecified atom stereocenters. The van der Waals surface area contributed by atoms with Gasteiger partial charge in [-0.3, -0.25) is 0 Å². The number of hydrogen-bond donors (Lipinski definition) is 1. The second kappa shape index (κ2) is 6.32. The van der Waals surface area contributed by atoms with E-state index in [0.29, 0.717) is 18.6 Å². The van der Waals surface area contributed by atoms with Crippen LogP contribution in [0.25, 0.3) is 0 Å². The lowest BCUT2D eigenvalue weighted by molar-refractivity contribution is 0.0483. The maximum atomic E-state index is 5.92. The van der Waals surface area contributed by atoms with Crippen molar-refractivity contribution in [3.8, 4) is 0 Å². The molecule has 0 amide bonds. The van der Waals surface area contributed by atoms with Gasteiger partial charge in [0, 0.05) is 13.1 Å². The van der Waals surface area contributed by atoms with Crippen molar-refractivity contribution in [1.29, 1.82) is 0 Å². The highest BCUT2D eigenvalue weighted by atomic mass is 16.5. The smallest absolute Gasteiger partial charge is 0.0721 e. The van der Waals surface area contributed by atoms with E-state index in [1.54, 1.807) is 0 Å². The average Bonchev–Trinajstić information content (AvgIpc) is 2.82. The van der Waals surface area contributed by atoms with Gasteiger partial charge >= 0.3 is 0 Å². The van der Waals surface area contributed by atoms with Crippen LogP contribution in [0.3, 0.4) is 0 Å². The van der Waals surface area contributed by atoms with E-state index < -0.39 is 0 Å². The second-order valence-electron chi connectivity index (χ2n) is 5.36. The van der Waals surface area contributed by atoms with Gasteiger partial charge in [0.15, 0.2) is 0 Å². The van der Waals surface area contributed by atoms with E-state index in [1.807, 2.05) is 0 Å². The first kappa shape index (κ1) is 13.5. The first-order chi connectivity index (χ1) is 8.69. The number of likely N-dealkylation sites (N-methyl/N-ethyl adjacent to an activating group) is 1. The van der Waals surface area contributed by atoms with Crippen LogP contribution in [0.4, 0.5) is 0 Å². The van der Waals surface area contributed by atoms with E-state index in [9.17, 15) is 0 Å². The second-order valence-corrected chi connectivity index (χ2v) is 5.36. The maximum absolute atomic E-state index is 5.92. The largest absolute Gasteiger partial charge is 0.372 e. The summed E-state index contributed by atoms with van der Waals surface area (Å²) in [5.41, 5.74) is 8.22. The molecule has 1 saturated heterocycles. The minimum Gasteiger partial charge on any atom is -0.372 e. The molecule has 100 valence electrons. The fourth-order valence-corrected chi connectivity index (χ4v) is 2.32. The molecule has 0 radical (unpaired) electrons. The van der Waals surface area contributed by atoms with E-state index in [1.165, 1.54) is 11.1 Å². The van der Waals surface area contributed by atoms with E-state index in [2.05, 4.69) is 43.1 Å².